The SMILES string of the molecule is COc1ccc2cc(CCC(=O)N3CCN(c4ncccn4)CC3)c(=O)[nH]c2c1. The van der Waals surface area contributed by atoms with E-state index >= 15 is 0 Å². The van der Waals surface area contributed by atoms with E-state index in [1.165, 1.54) is 0 Å². The third-order valence-corrected chi connectivity index (χ3v) is 5.21. The number of aryl methyl sites for hydroxylation is 1. The van der Waals surface area contributed by atoms with Crippen LogP contribution in [-0.4, -0.2) is 59.0 Å². The number of carbonyl (C=O) groups excluding carboxylic acids is 1. The van der Waals surface area contributed by atoms with E-state index in [-0.39, 0.29) is 11.5 Å². The smallest absolute Gasteiger partial charge is 0.251 e. The molecule has 150 valence electrons. The van der Waals surface area contributed by atoms with Crippen molar-refractivity contribution in [2.45, 2.75) is 12.8 Å². The summed E-state index contributed by atoms with van der Waals surface area (Å²) in [6.07, 6.45) is 4.17. The maximum absolute atomic E-state index is 12.6. The largest absolute Gasteiger partial charge is 0.497 e. The van der Waals surface area contributed by atoms with Gasteiger partial charge < -0.3 is 19.5 Å². The molecule has 1 aliphatic rings. The number of rotatable bonds is 5. The van der Waals surface area contributed by atoms with E-state index in [0.29, 0.717) is 56.3 Å². The predicted octanol–water partition coefficient (Wildman–Crippen LogP) is 1.61. The van der Waals surface area contributed by atoms with E-state index in [1.54, 1.807) is 31.6 Å². The minimum absolute atomic E-state index is 0.0628. The third kappa shape index (κ3) is 4.21. The lowest BCUT2D eigenvalue weighted by atomic mass is 10.1. The number of fused-ring (bicyclic) bond motifs is 1. The fraction of sp³-hybridized carbons (Fsp3) is 0.333. The van der Waals surface area contributed by atoms with Crippen LogP contribution in [0.25, 0.3) is 10.9 Å². The number of anilines is 1. The zero-order chi connectivity index (χ0) is 20.2. The van der Waals surface area contributed by atoms with Crippen molar-refractivity contribution < 1.29 is 9.53 Å². The molecule has 0 bridgehead atoms. The molecule has 0 aliphatic carbocycles. The van der Waals surface area contributed by atoms with Crippen LogP contribution >= 0.6 is 0 Å². The van der Waals surface area contributed by atoms with E-state index in [9.17, 15) is 9.59 Å². The molecular weight excluding hydrogens is 370 g/mol. The number of piperazine rings is 1. The number of nitrogens with one attached hydrogen (secondary N) is 1. The highest BCUT2D eigenvalue weighted by molar-refractivity contribution is 5.81. The van der Waals surface area contributed by atoms with Crippen LogP contribution in [0.3, 0.4) is 0 Å². The molecule has 3 aromatic rings. The van der Waals surface area contributed by atoms with Crippen molar-refractivity contribution in [1.29, 1.82) is 0 Å². The second-order valence-corrected chi connectivity index (χ2v) is 6.99. The first kappa shape index (κ1) is 18.9. The van der Waals surface area contributed by atoms with Crippen LogP contribution < -0.4 is 15.2 Å². The summed E-state index contributed by atoms with van der Waals surface area (Å²) in [7, 11) is 1.59. The molecule has 1 aromatic carbocycles. The number of carbonyl (C=O) groups is 1. The molecule has 8 heteroatoms. The highest BCUT2D eigenvalue weighted by atomic mass is 16.5. The quantitative estimate of drug-likeness (QED) is 0.708. The maximum Gasteiger partial charge on any atom is 0.251 e. The van der Waals surface area contributed by atoms with Crippen molar-refractivity contribution in [3.63, 3.8) is 0 Å². The van der Waals surface area contributed by atoms with Gasteiger partial charge in [0.25, 0.3) is 5.56 Å². The number of aromatic nitrogens is 3. The Balaban J connectivity index is 1.36. The fourth-order valence-electron chi connectivity index (χ4n) is 3.55. The Morgan fingerprint density at radius 1 is 1.14 bits per heavy atom. The van der Waals surface area contributed by atoms with Gasteiger partial charge in [0, 0.05) is 56.6 Å². The predicted molar refractivity (Wildman–Crippen MR) is 110 cm³/mol. The van der Waals surface area contributed by atoms with E-state index in [1.807, 2.05) is 23.1 Å². The Labute approximate surface area is 168 Å². The highest BCUT2D eigenvalue weighted by Crippen LogP contribution is 2.19. The molecule has 0 spiro atoms. The molecule has 3 heterocycles. The lowest BCUT2D eigenvalue weighted by Gasteiger charge is -2.34. The number of amides is 1. The standard InChI is InChI=1S/C21H23N5O3/c1-29-17-5-3-15-13-16(20(28)24-18(15)14-17)4-6-19(27)25-9-11-26(12-10-25)21-22-7-2-8-23-21/h2-3,5,7-8,13-14H,4,6,9-12H2,1H3,(H,24,28). The number of ether oxygens (including phenoxy) is 1. The van der Waals surface area contributed by atoms with Gasteiger partial charge in [0.1, 0.15) is 5.75 Å². The summed E-state index contributed by atoms with van der Waals surface area (Å²) in [6.45, 7) is 2.66. The van der Waals surface area contributed by atoms with Gasteiger partial charge in [-0.25, -0.2) is 9.97 Å². The molecule has 1 fully saturated rings. The van der Waals surface area contributed by atoms with Gasteiger partial charge in [0.2, 0.25) is 11.9 Å². The molecule has 29 heavy (non-hydrogen) atoms. The third-order valence-electron chi connectivity index (χ3n) is 5.21. The van der Waals surface area contributed by atoms with Crippen LogP contribution in [0.15, 0.2) is 47.5 Å². The molecule has 8 nitrogen and oxygen atoms in total. The van der Waals surface area contributed by atoms with Gasteiger partial charge in [-0.2, -0.15) is 0 Å². The zero-order valence-electron chi connectivity index (χ0n) is 16.3. The summed E-state index contributed by atoms with van der Waals surface area (Å²) < 4.78 is 5.19. The van der Waals surface area contributed by atoms with Crippen LogP contribution in [0.2, 0.25) is 0 Å². The van der Waals surface area contributed by atoms with Gasteiger partial charge in [-0.15, -0.1) is 0 Å². The first-order valence-electron chi connectivity index (χ1n) is 9.64. The zero-order valence-corrected chi connectivity index (χ0v) is 16.3. The molecule has 4 rings (SSSR count). The Bertz CT molecular complexity index is 1060. The van der Waals surface area contributed by atoms with E-state index in [0.717, 1.165) is 10.9 Å². The van der Waals surface area contributed by atoms with Gasteiger partial charge in [-0.3, -0.25) is 9.59 Å². The Morgan fingerprint density at radius 2 is 1.90 bits per heavy atom. The van der Waals surface area contributed by atoms with Crippen molar-refractivity contribution >= 4 is 22.8 Å². The van der Waals surface area contributed by atoms with Gasteiger partial charge in [0.15, 0.2) is 0 Å². The lowest BCUT2D eigenvalue weighted by molar-refractivity contribution is -0.131. The molecule has 1 saturated heterocycles. The molecule has 0 radical (unpaired) electrons. The molecule has 2 aromatic heterocycles. The number of aromatic amines is 1. The summed E-state index contributed by atoms with van der Waals surface area (Å²) in [5, 5.41) is 0.921. The molecule has 0 unspecified atom stereocenters. The van der Waals surface area contributed by atoms with Crippen LogP contribution in [0, 0.1) is 0 Å². The van der Waals surface area contributed by atoms with Crippen LogP contribution in [-0.2, 0) is 11.2 Å². The number of pyridine rings is 1. The number of nitrogens with zero attached hydrogens (tertiary/aromatic N) is 4. The first-order chi connectivity index (χ1) is 14.1. The molecule has 1 N–H and O–H groups in total. The number of hydrogen-bond acceptors (Lipinski definition) is 6. The highest BCUT2D eigenvalue weighted by Gasteiger charge is 2.22. The lowest BCUT2D eigenvalue weighted by Crippen LogP contribution is -2.49. The summed E-state index contributed by atoms with van der Waals surface area (Å²) in [5.41, 5.74) is 1.18. The number of H-pyrrole nitrogens is 1. The average molecular weight is 393 g/mol. The fourth-order valence-corrected chi connectivity index (χ4v) is 3.55. The second-order valence-electron chi connectivity index (χ2n) is 6.99. The maximum atomic E-state index is 12.6. The summed E-state index contributed by atoms with van der Waals surface area (Å²) in [6, 6.07) is 9.19. The van der Waals surface area contributed by atoms with Gasteiger partial charge in [-0.1, -0.05) is 0 Å². The van der Waals surface area contributed by atoms with Crippen molar-refractivity contribution in [1.82, 2.24) is 19.9 Å². The van der Waals surface area contributed by atoms with Gasteiger partial charge in [0.05, 0.1) is 12.6 Å². The van der Waals surface area contributed by atoms with Crippen molar-refractivity contribution in [2.75, 3.05) is 38.2 Å². The Morgan fingerprint density at radius 3 is 2.62 bits per heavy atom. The minimum atomic E-state index is -0.162. The average Bonchev–Trinajstić information content (AvgIpc) is 2.77. The van der Waals surface area contributed by atoms with Crippen LogP contribution in [0.1, 0.15) is 12.0 Å². The summed E-state index contributed by atoms with van der Waals surface area (Å²) in [4.78, 5) is 40.3. The van der Waals surface area contributed by atoms with Crippen LogP contribution in [0.4, 0.5) is 5.95 Å². The first-order valence-corrected chi connectivity index (χ1v) is 9.64. The van der Waals surface area contributed by atoms with E-state index in [4.69, 9.17) is 4.74 Å². The topological polar surface area (TPSA) is 91.4 Å². The second kappa shape index (κ2) is 8.30. The monoisotopic (exact) mass is 393 g/mol. The number of hydrogen-bond donors (Lipinski definition) is 1. The van der Waals surface area contributed by atoms with Gasteiger partial charge in [-0.05, 0) is 36.1 Å². The minimum Gasteiger partial charge on any atom is -0.497 e. The summed E-state index contributed by atoms with van der Waals surface area (Å²) in [5.74, 6) is 1.45. The summed E-state index contributed by atoms with van der Waals surface area (Å²) >= 11 is 0. The van der Waals surface area contributed by atoms with Gasteiger partial charge >= 0.3 is 0 Å². The van der Waals surface area contributed by atoms with Crippen LogP contribution in [0.5, 0.6) is 5.75 Å². The van der Waals surface area contributed by atoms with E-state index in [2.05, 4.69) is 19.9 Å². The van der Waals surface area contributed by atoms with Crippen molar-refractivity contribution in [3.8, 4) is 5.75 Å². The normalized spacial score (nSPS) is 14.2. The van der Waals surface area contributed by atoms with Crippen molar-refractivity contribution in [3.05, 3.63) is 58.6 Å². The Kier molecular flexibility index (Phi) is 5.41. The van der Waals surface area contributed by atoms with E-state index < -0.39 is 0 Å². The molecular formula is C21H23N5O3. The number of benzene rings is 1. The molecule has 0 saturated carbocycles. The molecule has 1 aliphatic heterocycles. The van der Waals surface area contributed by atoms with Crippen molar-refractivity contribution in [2.24, 2.45) is 0 Å². The molecule has 0 atom stereocenters. The number of methoxy groups -OCH3 is 1. The molecule has 1 amide bonds. The Hall–Kier alpha value is -3.42.